The minimum Gasteiger partial charge on any atom is -0.495 e. The summed E-state index contributed by atoms with van der Waals surface area (Å²) in [6, 6.07) is 17.0. The molecular weight excluding hydrogens is 374 g/mol. The number of rotatable bonds is 5. The summed E-state index contributed by atoms with van der Waals surface area (Å²) < 4.78 is 5.53. The SMILES string of the molecule is CN=C(NCc1cccc(N2CC=CC2)c1)N1CCN(c2ccccc2OC)CC1. The zero-order chi connectivity index (χ0) is 20.8. The number of anilines is 2. The van der Waals surface area contributed by atoms with Crippen LogP contribution in [0.3, 0.4) is 0 Å². The van der Waals surface area contributed by atoms with E-state index in [2.05, 4.69) is 73.6 Å². The number of nitrogens with zero attached hydrogens (tertiary/aromatic N) is 4. The topological polar surface area (TPSA) is 43.3 Å². The first-order valence-electron chi connectivity index (χ1n) is 10.6. The predicted octanol–water partition coefficient (Wildman–Crippen LogP) is 2.97. The molecule has 0 amide bonds. The number of hydrogen-bond acceptors (Lipinski definition) is 4. The molecule has 2 aliphatic rings. The van der Waals surface area contributed by atoms with E-state index in [0.29, 0.717) is 0 Å². The van der Waals surface area contributed by atoms with E-state index >= 15 is 0 Å². The van der Waals surface area contributed by atoms with Crippen LogP contribution < -0.4 is 19.9 Å². The molecule has 0 radical (unpaired) electrons. The second-order valence-corrected chi connectivity index (χ2v) is 7.59. The van der Waals surface area contributed by atoms with E-state index in [9.17, 15) is 0 Å². The van der Waals surface area contributed by atoms with Crippen molar-refractivity contribution in [1.82, 2.24) is 10.2 Å². The van der Waals surface area contributed by atoms with Crippen LogP contribution in [0.25, 0.3) is 0 Å². The lowest BCUT2D eigenvalue weighted by Gasteiger charge is -2.38. The first kappa shape index (κ1) is 20.1. The lowest BCUT2D eigenvalue weighted by atomic mass is 10.2. The highest BCUT2D eigenvalue weighted by Gasteiger charge is 2.21. The van der Waals surface area contributed by atoms with Gasteiger partial charge in [0.25, 0.3) is 0 Å². The molecule has 1 fully saturated rings. The Morgan fingerprint density at radius 2 is 1.73 bits per heavy atom. The molecule has 4 rings (SSSR count). The molecule has 0 aliphatic carbocycles. The van der Waals surface area contributed by atoms with Crippen LogP contribution in [0, 0.1) is 0 Å². The molecule has 0 aromatic heterocycles. The molecule has 0 spiro atoms. The van der Waals surface area contributed by atoms with E-state index in [4.69, 9.17) is 4.74 Å². The first-order chi connectivity index (χ1) is 14.8. The highest BCUT2D eigenvalue weighted by Crippen LogP contribution is 2.28. The minimum absolute atomic E-state index is 0.772. The summed E-state index contributed by atoms with van der Waals surface area (Å²) >= 11 is 0. The standard InChI is InChI=1S/C24H31N5O/c1-25-24(26-19-20-8-7-9-21(18-20)27-12-5-6-13-27)29-16-14-28(15-17-29)22-10-3-4-11-23(22)30-2/h3-11,18H,12-17,19H2,1-2H3,(H,25,26). The van der Waals surface area contributed by atoms with Gasteiger partial charge >= 0.3 is 0 Å². The molecule has 1 saturated heterocycles. The lowest BCUT2D eigenvalue weighted by Crippen LogP contribution is -2.52. The number of hydrogen-bond donors (Lipinski definition) is 1. The lowest BCUT2D eigenvalue weighted by molar-refractivity contribution is 0.367. The molecule has 0 atom stereocenters. The normalized spacial score (nSPS) is 16.9. The Labute approximate surface area is 179 Å². The number of nitrogens with one attached hydrogen (secondary N) is 1. The van der Waals surface area contributed by atoms with Crippen molar-refractivity contribution < 1.29 is 4.74 Å². The Morgan fingerprint density at radius 3 is 2.47 bits per heavy atom. The van der Waals surface area contributed by atoms with Gasteiger partial charge in [-0.3, -0.25) is 4.99 Å². The summed E-state index contributed by atoms with van der Waals surface area (Å²) in [4.78, 5) is 11.6. The zero-order valence-electron chi connectivity index (χ0n) is 17.9. The van der Waals surface area contributed by atoms with E-state index in [-0.39, 0.29) is 0 Å². The van der Waals surface area contributed by atoms with Crippen molar-refractivity contribution in [3.8, 4) is 5.75 Å². The summed E-state index contributed by atoms with van der Waals surface area (Å²) in [5.74, 6) is 1.89. The summed E-state index contributed by atoms with van der Waals surface area (Å²) in [5, 5.41) is 3.55. The van der Waals surface area contributed by atoms with E-state index < -0.39 is 0 Å². The summed E-state index contributed by atoms with van der Waals surface area (Å²) in [7, 11) is 3.59. The molecule has 0 unspecified atom stereocenters. The quantitative estimate of drug-likeness (QED) is 0.471. The molecule has 0 bridgehead atoms. The zero-order valence-corrected chi connectivity index (χ0v) is 17.9. The summed E-state index contributed by atoms with van der Waals surface area (Å²) in [6.07, 6.45) is 4.44. The molecule has 6 heteroatoms. The fourth-order valence-corrected chi connectivity index (χ4v) is 4.12. The molecule has 1 N–H and O–H groups in total. The highest BCUT2D eigenvalue weighted by atomic mass is 16.5. The van der Waals surface area contributed by atoms with Gasteiger partial charge in [0.1, 0.15) is 5.75 Å². The van der Waals surface area contributed by atoms with E-state index in [1.807, 2.05) is 19.2 Å². The second kappa shape index (κ2) is 9.57. The Morgan fingerprint density at radius 1 is 0.967 bits per heavy atom. The maximum absolute atomic E-state index is 5.53. The molecule has 0 saturated carbocycles. The maximum atomic E-state index is 5.53. The van der Waals surface area contributed by atoms with Crippen LogP contribution in [-0.2, 0) is 6.54 Å². The van der Waals surface area contributed by atoms with Crippen LogP contribution in [-0.4, -0.2) is 64.3 Å². The fourth-order valence-electron chi connectivity index (χ4n) is 4.12. The third-order valence-corrected chi connectivity index (χ3v) is 5.76. The van der Waals surface area contributed by atoms with Crippen LogP contribution in [0.2, 0.25) is 0 Å². The molecule has 30 heavy (non-hydrogen) atoms. The molecular formula is C24H31N5O. The van der Waals surface area contributed by atoms with Crippen LogP contribution >= 0.6 is 0 Å². The van der Waals surface area contributed by atoms with Gasteiger partial charge in [0, 0.05) is 58.5 Å². The average molecular weight is 406 g/mol. The van der Waals surface area contributed by atoms with Crippen LogP contribution in [0.4, 0.5) is 11.4 Å². The maximum Gasteiger partial charge on any atom is 0.194 e. The van der Waals surface area contributed by atoms with Crippen molar-refractivity contribution in [2.75, 3.05) is 63.2 Å². The predicted molar refractivity (Wildman–Crippen MR) is 125 cm³/mol. The highest BCUT2D eigenvalue weighted by molar-refractivity contribution is 5.80. The van der Waals surface area contributed by atoms with Crippen molar-refractivity contribution in [2.24, 2.45) is 4.99 Å². The third kappa shape index (κ3) is 4.53. The van der Waals surface area contributed by atoms with Gasteiger partial charge in [0.2, 0.25) is 0 Å². The number of benzene rings is 2. The van der Waals surface area contributed by atoms with Crippen molar-refractivity contribution in [3.05, 3.63) is 66.2 Å². The smallest absolute Gasteiger partial charge is 0.194 e. The average Bonchev–Trinajstić information content (AvgIpc) is 3.35. The fraction of sp³-hybridized carbons (Fsp3) is 0.375. The van der Waals surface area contributed by atoms with Gasteiger partial charge in [-0.1, -0.05) is 36.4 Å². The van der Waals surface area contributed by atoms with Crippen LogP contribution in [0.15, 0.2) is 65.7 Å². The van der Waals surface area contributed by atoms with Gasteiger partial charge in [-0.15, -0.1) is 0 Å². The van der Waals surface area contributed by atoms with Crippen molar-refractivity contribution in [2.45, 2.75) is 6.54 Å². The summed E-state index contributed by atoms with van der Waals surface area (Å²) in [6.45, 7) is 6.50. The molecule has 2 aromatic carbocycles. The Hall–Kier alpha value is -3.15. The number of guanidine groups is 1. The number of piperazine rings is 1. The van der Waals surface area contributed by atoms with E-state index in [0.717, 1.165) is 63.2 Å². The van der Waals surface area contributed by atoms with E-state index in [1.165, 1.54) is 11.3 Å². The molecule has 2 aromatic rings. The third-order valence-electron chi connectivity index (χ3n) is 5.76. The second-order valence-electron chi connectivity index (χ2n) is 7.59. The van der Waals surface area contributed by atoms with Crippen molar-refractivity contribution in [3.63, 3.8) is 0 Å². The number of ether oxygens (including phenoxy) is 1. The van der Waals surface area contributed by atoms with E-state index in [1.54, 1.807) is 7.11 Å². The molecule has 2 heterocycles. The van der Waals surface area contributed by atoms with Gasteiger partial charge in [0.05, 0.1) is 12.8 Å². The number of methoxy groups -OCH3 is 1. The van der Waals surface area contributed by atoms with Gasteiger partial charge in [-0.25, -0.2) is 0 Å². The first-order valence-corrected chi connectivity index (χ1v) is 10.6. The van der Waals surface area contributed by atoms with Crippen molar-refractivity contribution in [1.29, 1.82) is 0 Å². The monoisotopic (exact) mass is 405 g/mol. The Balaban J connectivity index is 1.33. The van der Waals surface area contributed by atoms with Crippen LogP contribution in [0.5, 0.6) is 5.75 Å². The van der Waals surface area contributed by atoms with Crippen molar-refractivity contribution >= 4 is 17.3 Å². The molecule has 6 nitrogen and oxygen atoms in total. The Kier molecular flexibility index (Phi) is 6.42. The minimum atomic E-state index is 0.772. The number of aliphatic imine (C=N–C) groups is 1. The van der Waals surface area contributed by atoms with Crippen LogP contribution in [0.1, 0.15) is 5.56 Å². The largest absolute Gasteiger partial charge is 0.495 e. The molecule has 158 valence electrons. The van der Waals surface area contributed by atoms with Gasteiger partial charge in [-0.2, -0.15) is 0 Å². The molecule has 2 aliphatic heterocycles. The van der Waals surface area contributed by atoms with Gasteiger partial charge in [0.15, 0.2) is 5.96 Å². The van der Waals surface area contributed by atoms with Gasteiger partial charge < -0.3 is 24.8 Å². The number of para-hydroxylation sites is 2. The van der Waals surface area contributed by atoms with Gasteiger partial charge in [-0.05, 0) is 29.8 Å². The Bertz CT molecular complexity index is 894. The summed E-state index contributed by atoms with van der Waals surface area (Å²) in [5.41, 5.74) is 3.71.